The van der Waals surface area contributed by atoms with Crippen LogP contribution in [0.2, 0.25) is 10.0 Å². The molecule has 0 saturated carbocycles. The maximum Gasteiger partial charge on any atom is 0.316 e. The number of hydrogen-bond donors (Lipinski definition) is 0. The average molecular weight is 247 g/mol. The van der Waals surface area contributed by atoms with Crippen LogP contribution in [-0.2, 0) is 4.79 Å². The second-order valence-corrected chi connectivity index (χ2v) is 4.98. The summed E-state index contributed by atoms with van der Waals surface area (Å²) >= 11 is 11.7. The molecule has 0 unspecified atom stereocenters. The third kappa shape index (κ3) is 3.11. The smallest absolute Gasteiger partial charge is 0.316 e. The van der Waals surface area contributed by atoms with Crippen molar-refractivity contribution in [3.63, 3.8) is 0 Å². The Hall–Kier alpha value is -0.730. The van der Waals surface area contributed by atoms with Crippen molar-refractivity contribution in [2.45, 2.75) is 20.8 Å². The zero-order chi connectivity index (χ0) is 11.6. The minimum absolute atomic E-state index is 0.261. The highest BCUT2D eigenvalue weighted by Gasteiger charge is 2.24. The minimum atomic E-state index is -0.564. The molecular formula is C11H12Cl2O2. The summed E-state index contributed by atoms with van der Waals surface area (Å²) in [6.45, 7) is 5.31. The predicted molar refractivity (Wildman–Crippen MR) is 61.6 cm³/mol. The van der Waals surface area contributed by atoms with Gasteiger partial charge < -0.3 is 4.74 Å². The molecule has 0 bridgehead atoms. The summed E-state index contributed by atoms with van der Waals surface area (Å²) in [5.74, 6) is -0.0456. The first kappa shape index (κ1) is 12.3. The van der Waals surface area contributed by atoms with E-state index in [-0.39, 0.29) is 11.0 Å². The summed E-state index contributed by atoms with van der Waals surface area (Å²) < 4.78 is 5.14. The van der Waals surface area contributed by atoms with E-state index in [0.29, 0.717) is 10.8 Å². The van der Waals surface area contributed by atoms with Crippen LogP contribution in [0.3, 0.4) is 0 Å². The number of carbonyl (C=O) groups excluding carboxylic acids is 1. The fourth-order valence-electron chi connectivity index (χ4n) is 0.816. The standard InChI is InChI=1S/C11H12Cl2O2/c1-11(2,3)10(14)15-8-6-4-5-7(12)9(8)13/h4-6H,1-3H3. The van der Waals surface area contributed by atoms with Crippen molar-refractivity contribution < 1.29 is 9.53 Å². The molecule has 0 aromatic heterocycles. The molecule has 1 aromatic rings. The lowest BCUT2D eigenvalue weighted by Gasteiger charge is -2.16. The third-order valence-corrected chi connectivity index (χ3v) is 2.53. The molecule has 0 amide bonds. The largest absolute Gasteiger partial charge is 0.424 e. The first-order chi connectivity index (χ1) is 6.82. The summed E-state index contributed by atoms with van der Waals surface area (Å²) in [7, 11) is 0. The van der Waals surface area contributed by atoms with Gasteiger partial charge >= 0.3 is 5.97 Å². The van der Waals surface area contributed by atoms with Crippen molar-refractivity contribution in [2.24, 2.45) is 5.41 Å². The number of carbonyl (C=O) groups is 1. The number of benzene rings is 1. The van der Waals surface area contributed by atoms with E-state index in [2.05, 4.69) is 0 Å². The highest BCUT2D eigenvalue weighted by molar-refractivity contribution is 6.43. The highest BCUT2D eigenvalue weighted by Crippen LogP contribution is 2.32. The number of hydrogen-bond acceptors (Lipinski definition) is 2. The summed E-state index contributed by atoms with van der Waals surface area (Å²) in [6, 6.07) is 4.93. The molecule has 4 heteroatoms. The van der Waals surface area contributed by atoms with Gasteiger partial charge in [0.2, 0.25) is 0 Å². The fourth-order valence-corrected chi connectivity index (χ4v) is 1.15. The molecular weight excluding hydrogens is 235 g/mol. The van der Waals surface area contributed by atoms with E-state index in [1.54, 1.807) is 39.0 Å². The Morgan fingerprint density at radius 1 is 1.27 bits per heavy atom. The number of ether oxygens (including phenoxy) is 1. The van der Waals surface area contributed by atoms with Crippen molar-refractivity contribution in [3.05, 3.63) is 28.2 Å². The van der Waals surface area contributed by atoms with E-state index in [1.165, 1.54) is 0 Å². The van der Waals surface area contributed by atoms with Gasteiger partial charge in [-0.05, 0) is 32.9 Å². The third-order valence-electron chi connectivity index (χ3n) is 1.73. The maximum atomic E-state index is 11.6. The van der Waals surface area contributed by atoms with Crippen LogP contribution in [0, 0.1) is 5.41 Å². The summed E-state index contributed by atoms with van der Waals surface area (Å²) in [4.78, 5) is 11.6. The Morgan fingerprint density at radius 2 is 1.87 bits per heavy atom. The lowest BCUT2D eigenvalue weighted by molar-refractivity contribution is -0.142. The van der Waals surface area contributed by atoms with E-state index in [1.807, 2.05) is 0 Å². The second-order valence-electron chi connectivity index (χ2n) is 4.19. The molecule has 1 rings (SSSR count). The average Bonchev–Trinajstić information content (AvgIpc) is 2.11. The topological polar surface area (TPSA) is 26.3 Å². The molecule has 0 N–H and O–H groups in total. The minimum Gasteiger partial charge on any atom is -0.424 e. The predicted octanol–water partition coefficient (Wildman–Crippen LogP) is 3.94. The lowest BCUT2D eigenvalue weighted by atomic mass is 9.97. The molecule has 15 heavy (non-hydrogen) atoms. The van der Waals surface area contributed by atoms with E-state index in [0.717, 1.165) is 0 Å². The van der Waals surface area contributed by atoms with Gasteiger partial charge in [-0.2, -0.15) is 0 Å². The van der Waals surface area contributed by atoms with Crippen LogP contribution >= 0.6 is 23.2 Å². The van der Waals surface area contributed by atoms with Crippen LogP contribution in [0.1, 0.15) is 20.8 Å². The van der Waals surface area contributed by atoms with E-state index < -0.39 is 5.41 Å². The van der Waals surface area contributed by atoms with Crippen LogP contribution < -0.4 is 4.74 Å². The van der Waals surface area contributed by atoms with Crippen LogP contribution in [-0.4, -0.2) is 5.97 Å². The van der Waals surface area contributed by atoms with Gasteiger partial charge in [-0.15, -0.1) is 0 Å². The highest BCUT2D eigenvalue weighted by atomic mass is 35.5. The van der Waals surface area contributed by atoms with E-state index in [9.17, 15) is 4.79 Å². The molecule has 1 aromatic carbocycles. The molecule has 0 heterocycles. The fraction of sp³-hybridized carbons (Fsp3) is 0.364. The van der Waals surface area contributed by atoms with Gasteiger partial charge in [-0.3, -0.25) is 4.79 Å². The lowest BCUT2D eigenvalue weighted by Crippen LogP contribution is -2.25. The van der Waals surface area contributed by atoms with Crippen LogP contribution in [0.5, 0.6) is 5.75 Å². The van der Waals surface area contributed by atoms with Gasteiger partial charge in [0.15, 0.2) is 5.75 Å². The monoisotopic (exact) mass is 246 g/mol. The molecule has 0 fully saturated rings. The number of rotatable bonds is 1. The van der Waals surface area contributed by atoms with Gasteiger partial charge in [0.05, 0.1) is 10.4 Å². The Labute approximate surface area is 99.1 Å². The van der Waals surface area contributed by atoms with Gasteiger partial charge in [0.25, 0.3) is 0 Å². The van der Waals surface area contributed by atoms with Crippen molar-refractivity contribution in [3.8, 4) is 5.75 Å². The summed E-state index contributed by atoms with van der Waals surface area (Å²) in [5.41, 5.74) is -0.564. The molecule has 0 saturated heterocycles. The van der Waals surface area contributed by atoms with Gasteiger partial charge in [-0.1, -0.05) is 29.3 Å². The zero-order valence-electron chi connectivity index (χ0n) is 8.80. The van der Waals surface area contributed by atoms with Gasteiger partial charge in [-0.25, -0.2) is 0 Å². The van der Waals surface area contributed by atoms with E-state index >= 15 is 0 Å². The number of esters is 1. The molecule has 2 nitrogen and oxygen atoms in total. The van der Waals surface area contributed by atoms with Gasteiger partial charge in [0.1, 0.15) is 5.02 Å². The molecule has 82 valence electrons. The molecule has 0 aliphatic carbocycles. The Morgan fingerprint density at radius 3 is 2.40 bits per heavy atom. The Kier molecular flexibility index (Phi) is 3.63. The first-order valence-corrected chi connectivity index (χ1v) is 5.24. The van der Waals surface area contributed by atoms with Gasteiger partial charge in [0, 0.05) is 0 Å². The molecule has 0 radical (unpaired) electrons. The second kappa shape index (κ2) is 4.42. The van der Waals surface area contributed by atoms with Crippen LogP contribution in [0.25, 0.3) is 0 Å². The Balaban J connectivity index is 2.91. The number of halogens is 2. The van der Waals surface area contributed by atoms with Crippen molar-refractivity contribution in [1.82, 2.24) is 0 Å². The van der Waals surface area contributed by atoms with Crippen LogP contribution in [0.4, 0.5) is 0 Å². The summed E-state index contributed by atoms with van der Waals surface area (Å²) in [5, 5.41) is 0.632. The first-order valence-electron chi connectivity index (χ1n) is 4.48. The maximum absolute atomic E-state index is 11.6. The molecule has 0 aliphatic heterocycles. The Bertz CT molecular complexity index is 381. The molecule has 0 atom stereocenters. The van der Waals surface area contributed by atoms with Crippen LogP contribution in [0.15, 0.2) is 18.2 Å². The normalized spacial score (nSPS) is 11.3. The quantitative estimate of drug-likeness (QED) is 0.554. The van der Waals surface area contributed by atoms with Crippen molar-refractivity contribution in [2.75, 3.05) is 0 Å². The van der Waals surface area contributed by atoms with Crippen molar-refractivity contribution >= 4 is 29.2 Å². The SMILES string of the molecule is CC(C)(C)C(=O)Oc1cccc(Cl)c1Cl. The summed E-state index contributed by atoms with van der Waals surface area (Å²) in [6.07, 6.45) is 0. The molecule has 0 spiro atoms. The van der Waals surface area contributed by atoms with Crippen molar-refractivity contribution in [1.29, 1.82) is 0 Å². The molecule has 0 aliphatic rings. The van der Waals surface area contributed by atoms with E-state index in [4.69, 9.17) is 27.9 Å². The zero-order valence-corrected chi connectivity index (χ0v) is 10.3.